The van der Waals surface area contributed by atoms with Gasteiger partial charge >= 0.3 is 5.97 Å². The molecule has 0 saturated heterocycles. The van der Waals surface area contributed by atoms with E-state index in [2.05, 4.69) is 54.4 Å². The first kappa shape index (κ1) is 22.8. The van der Waals surface area contributed by atoms with Crippen LogP contribution in [0.3, 0.4) is 0 Å². The number of allylic oxidation sites excluding steroid dienone is 1. The highest BCUT2D eigenvalue weighted by Crippen LogP contribution is 2.46. The van der Waals surface area contributed by atoms with Crippen molar-refractivity contribution in [1.82, 2.24) is 14.9 Å². The van der Waals surface area contributed by atoms with Crippen molar-refractivity contribution in [2.45, 2.75) is 47.1 Å². The number of carbonyl (C=O) groups excluding carboxylic acids is 1. The van der Waals surface area contributed by atoms with Gasteiger partial charge in [-0.15, -0.1) is 0 Å². The largest absolute Gasteiger partial charge is 0.496 e. The van der Waals surface area contributed by atoms with Crippen molar-refractivity contribution in [1.29, 1.82) is 0 Å². The van der Waals surface area contributed by atoms with Crippen LogP contribution < -0.4 is 4.74 Å². The van der Waals surface area contributed by atoms with Crippen molar-refractivity contribution < 1.29 is 14.3 Å². The molecule has 6 nitrogen and oxygen atoms in total. The molecular weight excluding hydrogens is 414 g/mol. The number of rotatable bonds is 4. The summed E-state index contributed by atoms with van der Waals surface area (Å²) in [4.78, 5) is 23.5. The number of aryl methyl sites for hydroxylation is 1. The zero-order chi connectivity index (χ0) is 23.9. The lowest BCUT2D eigenvalue weighted by atomic mass is 9.76. The van der Waals surface area contributed by atoms with Crippen LogP contribution in [0, 0.1) is 12.3 Å². The number of benzene rings is 1. The summed E-state index contributed by atoms with van der Waals surface area (Å²) in [6, 6.07) is 4.40. The third-order valence-corrected chi connectivity index (χ3v) is 6.24. The molecule has 3 heterocycles. The van der Waals surface area contributed by atoms with E-state index in [0.717, 1.165) is 40.4 Å². The van der Waals surface area contributed by atoms with Crippen LogP contribution in [-0.2, 0) is 16.0 Å². The zero-order valence-electron chi connectivity index (χ0n) is 20.2. The predicted molar refractivity (Wildman–Crippen MR) is 129 cm³/mol. The molecule has 0 spiro atoms. The van der Waals surface area contributed by atoms with Gasteiger partial charge in [-0.25, -0.2) is 14.8 Å². The molecule has 0 N–H and O–H groups in total. The number of hydrogen-bond donors (Lipinski definition) is 0. The lowest BCUT2D eigenvalue weighted by Crippen LogP contribution is -2.46. The number of esters is 1. The third kappa shape index (κ3) is 4.17. The maximum Gasteiger partial charge on any atom is 0.340 e. The molecule has 0 saturated carbocycles. The van der Waals surface area contributed by atoms with Crippen LogP contribution in [-0.4, -0.2) is 40.6 Å². The molecule has 0 bridgehead atoms. The van der Waals surface area contributed by atoms with Crippen LogP contribution in [0.25, 0.3) is 16.8 Å². The minimum Gasteiger partial charge on any atom is -0.496 e. The van der Waals surface area contributed by atoms with E-state index in [9.17, 15) is 4.79 Å². The van der Waals surface area contributed by atoms with Crippen LogP contribution >= 0.6 is 0 Å². The Morgan fingerprint density at radius 1 is 1.21 bits per heavy atom. The molecule has 2 aliphatic rings. The molecule has 0 fully saturated rings. The van der Waals surface area contributed by atoms with Gasteiger partial charge in [-0.2, -0.15) is 0 Å². The van der Waals surface area contributed by atoms with Crippen LogP contribution in [0.5, 0.6) is 5.75 Å². The van der Waals surface area contributed by atoms with Crippen molar-refractivity contribution >= 4 is 11.7 Å². The Kier molecular flexibility index (Phi) is 5.87. The van der Waals surface area contributed by atoms with Crippen molar-refractivity contribution in [3.63, 3.8) is 0 Å². The summed E-state index contributed by atoms with van der Waals surface area (Å²) < 4.78 is 11.1. The topological polar surface area (TPSA) is 64.6 Å². The Morgan fingerprint density at radius 3 is 2.52 bits per heavy atom. The number of carbonyl (C=O) groups is 1. The first-order valence-corrected chi connectivity index (χ1v) is 11.2. The fraction of sp³-hybridized carbons (Fsp3) is 0.370. The highest BCUT2D eigenvalue weighted by Gasteiger charge is 2.39. The first-order chi connectivity index (χ1) is 15.6. The maximum absolute atomic E-state index is 12.6. The number of ether oxygens (including phenoxy) is 2. The normalized spacial score (nSPS) is 17.6. The highest BCUT2D eigenvalue weighted by molar-refractivity contribution is 5.97. The third-order valence-electron chi connectivity index (χ3n) is 6.24. The van der Waals surface area contributed by atoms with Crippen LogP contribution in [0.15, 0.2) is 54.5 Å². The SMILES string of the molecule is C=C1C=C2c3cc(OC)c(-c4cnc(C)nc4)cc3CC(C(C)(C)C)N2C=C1C(=O)OCC. The van der Waals surface area contributed by atoms with Gasteiger partial charge in [0.15, 0.2) is 0 Å². The summed E-state index contributed by atoms with van der Waals surface area (Å²) in [5.41, 5.74) is 6.29. The molecule has 6 heteroatoms. The van der Waals surface area contributed by atoms with E-state index in [1.807, 2.05) is 38.5 Å². The average Bonchev–Trinajstić information content (AvgIpc) is 2.77. The first-order valence-electron chi connectivity index (χ1n) is 11.2. The second kappa shape index (κ2) is 8.50. The number of aromatic nitrogens is 2. The highest BCUT2D eigenvalue weighted by atomic mass is 16.5. The van der Waals surface area contributed by atoms with Crippen LogP contribution in [0.4, 0.5) is 0 Å². The summed E-state index contributed by atoms with van der Waals surface area (Å²) >= 11 is 0. The molecule has 1 atom stereocenters. The fourth-order valence-corrected chi connectivity index (χ4v) is 4.46. The molecule has 1 aromatic heterocycles. The van der Waals surface area contributed by atoms with E-state index in [1.54, 1.807) is 7.11 Å². The molecule has 2 aliphatic heterocycles. The lowest BCUT2D eigenvalue weighted by molar-refractivity contribution is -0.138. The number of hydrogen-bond acceptors (Lipinski definition) is 6. The van der Waals surface area contributed by atoms with Crippen molar-refractivity contribution in [2.24, 2.45) is 5.41 Å². The lowest BCUT2D eigenvalue weighted by Gasteiger charge is -2.46. The van der Waals surface area contributed by atoms with Crippen LogP contribution in [0.2, 0.25) is 0 Å². The summed E-state index contributed by atoms with van der Waals surface area (Å²) in [7, 11) is 1.67. The van der Waals surface area contributed by atoms with Gasteiger partial charge in [0.05, 0.1) is 19.3 Å². The molecule has 0 aliphatic carbocycles. The molecule has 1 aromatic carbocycles. The zero-order valence-corrected chi connectivity index (χ0v) is 20.2. The van der Waals surface area contributed by atoms with Gasteiger partial charge < -0.3 is 14.4 Å². The summed E-state index contributed by atoms with van der Waals surface area (Å²) in [6.07, 6.45) is 8.37. The van der Waals surface area contributed by atoms with Crippen molar-refractivity contribution in [3.8, 4) is 16.9 Å². The van der Waals surface area contributed by atoms with Gasteiger partial charge in [-0.1, -0.05) is 27.4 Å². The van der Waals surface area contributed by atoms with Gasteiger partial charge in [0.25, 0.3) is 0 Å². The molecule has 4 rings (SSSR count). The average molecular weight is 446 g/mol. The number of fused-ring (bicyclic) bond motifs is 3. The number of methoxy groups -OCH3 is 1. The Hall–Kier alpha value is -3.41. The summed E-state index contributed by atoms with van der Waals surface area (Å²) in [6.45, 7) is 14.8. The Morgan fingerprint density at radius 2 is 1.91 bits per heavy atom. The van der Waals surface area contributed by atoms with Crippen molar-refractivity contribution in [3.05, 3.63) is 71.5 Å². The molecule has 2 aromatic rings. The van der Waals surface area contributed by atoms with Crippen LogP contribution in [0.1, 0.15) is 44.6 Å². The van der Waals surface area contributed by atoms with Gasteiger partial charge in [0.1, 0.15) is 11.6 Å². The predicted octanol–water partition coefficient (Wildman–Crippen LogP) is 5.09. The van der Waals surface area contributed by atoms with E-state index < -0.39 is 0 Å². The Balaban J connectivity index is 1.87. The van der Waals surface area contributed by atoms with E-state index in [-0.39, 0.29) is 17.4 Å². The van der Waals surface area contributed by atoms with Crippen molar-refractivity contribution in [2.75, 3.05) is 13.7 Å². The van der Waals surface area contributed by atoms with Gasteiger partial charge in [-0.05, 0) is 55.0 Å². The molecule has 0 amide bonds. The summed E-state index contributed by atoms with van der Waals surface area (Å²) in [5, 5.41) is 0. The smallest absolute Gasteiger partial charge is 0.340 e. The second-order valence-corrected chi connectivity index (χ2v) is 9.54. The van der Waals surface area contributed by atoms with Gasteiger partial charge in [0.2, 0.25) is 0 Å². The van der Waals surface area contributed by atoms with E-state index >= 15 is 0 Å². The van der Waals surface area contributed by atoms with E-state index in [4.69, 9.17) is 9.47 Å². The van der Waals surface area contributed by atoms with Gasteiger partial charge in [-0.3, -0.25) is 0 Å². The fourth-order valence-electron chi connectivity index (χ4n) is 4.46. The minimum absolute atomic E-state index is 0.0429. The summed E-state index contributed by atoms with van der Waals surface area (Å²) in [5.74, 6) is 1.14. The molecular formula is C27H31N3O3. The molecule has 172 valence electrons. The second-order valence-electron chi connectivity index (χ2n) is 9.54. The molecule has 0 radical (unpaired) electrons. The number of nitrogens with zero attached hydrogens (tertiary/aromatic N) is 3. The monoisotopic (exact) mass is 445 g/mol. The molecule has 1 unspecified atom stereocenters. The maximum atomic E-state index is 12.6. The van der Waals surface area contributed by atoms with E-state index in [0.29, 0.717) is 17.8 Å². The van der Waals surface area contributed by atoms with Gasteiger partial charge in [0, 0.05) is 47.0 Å². The quantitative estimate of drug-likeness (QED) is 0.611. The Labute approximate surface area is 195 Å². The molecule has 33 heavy (non-hydrogen) atoms. The standard InChI is InChI=1S/C27H31N3O3/c1-8-33-26(31)22-15-30-23(9-16(22)2)20-12-24(32-7)21(19-13-28-17(3)29-14-19)10-18(20)11-25(30)27(4,5)6/h9-10,12-15,25H,2,8,11H2,1,3-7H3. The Bertz CT molecular complexity index is 1170. The van der Waals surface area contributed by atoms with E-state index in [1.165, 1.54) is 5.56 Å². The minimum atomic E-state index is -0.344.